The molecule has 0 aromatic heterocycles. The molecule has 1 amide bonds. The fourth-order valence-electron chi connectivity index (χ4n) is 4.77. The van der Waals surface area contributed by atoms with Gasteiger partial charge in [0.2, 0.25) is 5.75 Å². The second-order valence-corrected chi connectivity index (χ2v) is 12.1. The van der Waals surface area contributed by atoms with Crippen molar-refractivity contribution in [3.63, 3.8) is 0 Å². The van der Waals surface area contributed by atoms with E-state index >= 15 is 0 Å². The van der Waals surface area contributed by atoms with Crippen LogP contribution in [0.25, 0.3) is 12.2 Å². The highest BCUT2D eigenvalue weighted by atomic mass is 32.2. The molecule has 0 radical (unpaired) electrons. The van der Waals surface area contributed by atoms with Crippen LogP contribution in [-0.4, -0.2) is 55.8 Å². The highest BCUT2D eigenvalue weighted by Crippen LogP contribution is 2.44. The predicted octanol–water partition coefficient (Wildman–Crippen LogP) is 5.36. The van der Waals surface area contributed by atoms with Crippen molar-refractivity contribution >= 4 is 27.2 Å². The molecular formula is C33H31NO10S. The van der Waals surface area contributed by atoms with Gasteiger partial charge in [-0.1, -0.05) is 35.9 Å². The molecule has 45 heavy (non-hydrogen) atoms. The Bertz CT molecular complexity index is 1820. The van der Waals surface area contributed by atoms with E-state index in [0.717, 1.165) is 5.56 Å². The summed E-state index contributed by atoms with van der Waals surface area (Å²) in [5.74, 6) is 0.524. The van der Waals surface area contributed by atoms with Crippen molar-refractivity contribution < 1.29 is 47.5 Å². The first-order valence-electron chi connectivity index (χ1n) is 13.7. The van der Waals surface area contributed by atoms with E-state index in [1.807, 2.05) is 6.92 Å². The third kappa shape index (κ3) is 6.75. The molecule has 0 saturated carbocycles. The number of carbonyl (C=O) groups excluding carboxylic acids is 1. The molecule has 0 saturated heterocycles. The SMILES string of the molecule is COc1cc([C@@H]2Oc3cc(/C=C/c4cc(O)cc(O)c4)ccc3O[C@H]2CNC(=O)S(=O)(=O)c2ccc(C)cc2)cc(OC)c1O. The first kappa shape index (κ1) is 31.1. The van der Waals surface area contributed by atoms with Gasteiger partial charge in [0.15, 0.2) is 35.2 Å². The fraction of sp³-hybridized carbons (Fsp3) is 0.182. The van der Waals surface area contributed by atoms with Gasteiger partial charge in [-0.3, -0.25) is 4.79 Å². The minimum absolute atomic E-state index is 0.0794. The number of carbonyl (C=O) groups is 1. The lowest BCUT2D eigenvalue weighted by atomic mass is 10.0. The third-order valence-electron chi connectivity index (χ3n) is 7.08. The van der Waals surface area contributed by atoms with Crippen molar-refractivity contribution in [2.75, 3.05) is 20.8 Å². The summed E-state index contributed by atoms with van der Waals surface area (Å²) >= 11 is 0. The number of aromatic hydroxyl groups is 3. The van der Waals surface area contributed by atoms with Crippen LogP contribution in [0.2, 0.25) is 0 Å². The van der Waals surface area contributed by atoms with Crippen LogP contribution in [0, 0.1) is 6.92 Å². The Morgan fingerprint density at radius 1 is 0.822 bits per heavy atom. The van der Waals surface area contributed by atoms with Crippen LogP contribution in [0.1, 0.15) is 28.4 Å². The third-order valence-corrected chi connectivity index (χ3v) is 8.61. The molecule has 0 spiro atoms. The first-order valence-corrected chi connectivity index (χ1v) is 15.2. The Labute approximate surface area is 259 Å². The van der Waals surface area contributed by atoms with Gasteiger partial charge < -0.3 is 39.6 Å². The number of ether oxygens (including phenoxy) is 4. The van der Waals surface area contributed by atoms with Gasteiger partial charge in [-0.05, 0) is 66.6 Å². The number of aryl methyl sites for hydroxylation is 1. The Balaban J connectivity index is 1.45. The molecule has 0 fully saturated rings. The summed E-state index contributed by atoms with van der Waals surface area (Å²) in [7, 11) is -1.57. The monoisotopic (exact) mass is 633 g/mol. The lowest BCUT2D eigenvalue weighted by molar-refractivity contribution is 0.0216. The number of amides is 1. The molecule has 0 unspecified atom stereocenters. The van der Waals surface area contributed by atoms with Crippen molar-refractivity contribution in [2.45, 2.75) is 24.0 Å². The van der Waals surface area contributed by atoms with E-state index in [1.54, 1.807) is 42.5 Å². The van der Waals surface area contributed by atoms with Crippen molar-refractivity contribution in [3.8, 4) is 40.2 Å². The molecule has 1 aliphatic heterocycles. The standard InChI is InChI=1S/C33H31NO10S/c1-19-4-9-25(10-5-19)45(39,40)33(38)34-18-30-32(22-15-28(41-2)31(37)29(16-22)42-3)44-27-14-20(8-11-26(27)43-30)6-7-21-12-23(35)17-24(36)13-21/h4-17,30,32,35-37H,18H2,1-3H3,(H,34,38)/b7-6+/t30-,32-/m0/s1. The second kappa shape index (κ2) is 12.7. The molecule has 1 heterocycles. The Kier molecular flexibility index (Phi) is 8.77. The summed E-state index contributed by atoms with van der Waals surface area (Å²) in [6.07, 6.45) is 1.63. The number of fused-ring (bicyclic) bond motifs is 1. The number of phenols is 3. The van der Waals surface area contributed by atoms with Gasteiger partial charge in [-0.15, -0.1) is 0 Å². The maximum atomic E-state index is 12.9. The number of rotatable bonds is 8. The van der Waals surface area contributed by atoms with Crippen molar-refractivity contribution in [1.82, 2.24) is 5.32 Å². The van der Waals surface area contributed by atoms with E-state index in [4.69, 9.17) is 18.9 Å². The highest BCUT2D eigenvalue weighted by molar-refractivity contribution is 8.06. The topological polar surface area (TPSA) is 161 Å². The van der Waals surface area contributed by atoms with E-state index in [9.17, 15) is 28.5 Å². The molecule has 4 aromatic carbocycles. The molecule has 0 bridgehead atoms. The lowest BCUT2D eigenvalue weighted by Crippen LogP contribution is -2.44. The minimum Gasteiger partial charge on any atom is -0.508 e. The van der Waals surface area contributed by atoms with Crippen LogP contribution in [-0.2, 0) is 9.84 Å². The van der Waals surface area contributed by atoms with E-state index < -0.39 is 27.3 Å². The van der Waals surface area contributed by atoms with Crippen molar-refractivity contribution in [3.05, 3.63) is 95.1 Å². The van der Waals surface area contributed by atoms with Gasteiger partial charge in [0, 0.05) is 11.6 Å². The Morgan fingerprint density at radius 3 is 2.07 bits per heavy atom. The van der Waals surface area contributed by atoms with E-state index in [1.165, 1.54) is 56.7 Å². The quantitative estimate of drug-likeness (QED) is 0.186. The number of benzene rings is 4. The minimum atomic E-state index is -4.32. The van der Waals surface area contributed by atoms with Gasteiger partial charge in [-0.25, -0.2) is 8.42 Å². The number of hydrogen-bond acceptors (Lipinski definition) is 10. The van der Waals surface area contributed by atoms with Gasteiger partial charge >= 0.3 is 5.24 Å². The average Bonchev–Trinajstić information content (AvgIpc) is 3.02. The number of methoxy groups -OCH3 is 2. The fourth-order valence-corrected chi connectivity index (χ4v) is 5.76. The van der Waals surface area contributed by atoms with Crippen LogP contribution >= 0.6 is 0 Å². The molecule has 5 rings (SSSR count). The van der Waals surface area contributed by atoms with Crippen molar-refractivity contribution in [1.29, 1.82) is 0 Å². The first-order chi connectivity index (χ1) is 21.5. The Hall–Kier alpha value is -5.36. The van der Waals surface area contributed by atoms with Crippen LogP contribution in [0.5, 0.6) is 40.2 Å². The van der Waals surface area contributed by atoms with Crippen LogP contribution in [0.15, 0.2) is 77.7 Å². The molecule has 12 heteroatoms. The van der Waals surface area contributed by atoms with E-state index in [0.29, 0.717) is 28.2 Å². The molecule has 4 N–H and O–H groups in total. The number of sulfone groups is 1. The van der Waals surface area contributed by atoms with E-state index in [2.05, 4.69) is 5.32 Å². The van der Waals surface area contributed by atoms with Gasteiger partial charge in [-0.2, -0.15) is 0 Å². The van der Waals surface area contributed by atoms with Crippen LogP contribution in [0.4, 0.5) is 4.79 Å². The number of phenolic OH excluding ortho intramolecular Hbond substituents is 3. The van der Waals surface area contributed by atoms with Crippen LogP contribution < -0.4 is 24.3 Å². The largest absolute Gasteiger partial charge is 0.508 e. The number of nitrogens with one attached hydrogen (secondary N) is 1. The summed E-state index contributed by atoms with van der Waals surface area (Å²) in [4.78, 5) is 12.8. The predicted molar refractivity (Wildman–Crippen MR) is 166 cm³/mol. The average molecular weight is 634 g/mol. The zero-order valence-electron chi connectivity index (χ0n) is 24.6. The lowest BCUT2D eigenvalue weighted by Gasteiger charge is -2.35. The summed E-state index contributed by atoms with van der Waals surface area (Å²) < 4.78 is 49.1. The second-order valence-electron chi connectivity index (χ2n) is 10.3. The highest BCUT2D eigenvalue weighted by Gasteiger charge is 2.36. The summed E-state index contributed by atoms with van der Waals surface area (Å²) in [5.41, 5.74) is 2.58. The molecule has 4 aromatic rings. The van der Waals surface area contributed by atoms with Gasteiger partial charge in [0.05, 0.1) is 25.7 Å². The molecular weight excluding hydrogens is 602 g/mol. The summed E-state index contributed by atoms with van der Waals surface area (Å²) in [6, 6.07) is 18.4. The molecule has 1 aliphatic rings. The normalized spacial score (nSPS) is 15.9. The maximum Gasteiger partial charge on any atom is 0.341 e. The Morgan fingerprint density at radius 2 is 1.44 bits per heavy atom. The summed E-state index contributed by atoms with van der Waals surface area (Å²) in [5, 5.41) is 31.3. The smallest absolute Gasteiger partial charge is 0.341 e. The zero-order valence-corrected chi connectivity index (χ0v) is 25.4. The van der Waals surface area contributed by atoms with Gasteiger partial charge in [0.1, 0.15) is 11.5 Å². The zero-order chi connectivity index (χ0) is 32.3. The molecule has 0 aliphatic carbocycles. The van der Waals surface area contributed by atoms with Gasteiger partial charge in [0.25, 0.3) is 9.84 Å². The van der Waals surface area contributed by atoms with E-state index in [-0.39, 0.29) is 40.2 Å². The molecule has 234 valence electrons. The van der Waals surface area contributed by atoms with Crippen molar-refractivity contribution in [2.24, 2.45) is 0 Å². The molecule has 11 nitrogen and oxygen atoms in total. The van der Waals surface area contributed by atoms with Crippen LogP contribution in [0.3, 0.4) is 0 Å². The molecule has 2 atom stereocenters. The number of hydrogen-bond donors (Lipinski definition) is 4. The summed E-state index contributed by atoms with van der Waals surface area (Å²) in [6.45, 7) is 1.56. The maximum absolute atomic E-state index is 12.9.